The summed E-state index contributed by atoms with van der Waals surface area (Å²) in [5, 5.41) is 9.08. The van der Waals surface area contributed by atoms with Crippen LogP contribution in [0.15, 0.2) is 16.8 Å². The molecular weight excluding hydrogens is 316 g/mol. The molecule has 0 spiro atoms. The van der Waals surface area contributed by atoms with Crippen molar-refractivity contribution in [2.75, 3.05) is 20.3 Å². The van der Waals surface area contributed by atoms with Crippen molar-refractivity contribution in [2.45, 2.75) is 58.2 Å². The predicted octanol–water partition coefficient (Wildman–Crippen LogP) is 3.12. The fraction of sp³-hybridized carbons (Fsp3) is 0.684. The predicted molar refractivity (Wildman–Crippen MR) is 94.2 cm³/mol. The minimum absolute atomic E-state index is 0.326. The van der Waals surface area contributed by atoms with Gasteiger partial charge in [-0.3, -0.25) is 9.58 Å². The highest BCUT2D eigenvalue weighted by Gasteiger charge is 2.29. The molecule has 3 heterocycles. The Balaban J connectivity index is 1.50. The summed E-state index contributed by atoms with van der Waals surface area (Å²) in [5.41, 5.74) is 3.56. The van der Waals surface area contributed by atoms with Crippen molar-refractivity contribution in [1.82, 2.24) is 19.8 Å². The van der Waals surface area contributed by atoms with Gasteiger partial charge >= 0.3 is 0 Å². The molecule has 0 unspecified atom stereocenters. The van der Waals surface area contributed by atoms with Crippen LogP contribution in [-0.4, -0.2) is 40.1 Å². The smallest absolute Gasteiger partial charge is 0.133 e. The second kappa shape index (κ2) is 7.30. The quantitative estimate of drug-likeness (QED) is 0.806. The number of nitrogens with zero attached hydrogens (tertiary/aromatic N) is 4. The minimum Gasteiger partial charge on any atom is -0.384 e. The number of aromatic nitrogens is 3. The van der Waals surface area contributed by atoms with Crippen molar-refractivity contribution in [3.63, 3.8) is 0 Å². The Labute approximate surface area is 149 Å². The van der Waals surface area contributed by atoms with E-state index in [1.54, 1.807) is 7.11 Å². The van der Waals surface area contributed by atoms with Crippen molar-refractivity contribution in [3.05, 3.63) is 35.0 Å². The van der Waals surface area contributed by atoms with Crippen LogP contribution in [0.25, 0.3) is 0 Å². The molecule has 2 aromatic rings. The Bertz CT molecular complexity index is 702. The Morgan fingerprint density at radius 3 is 2.88 bits per heavy atom. The lowest BCUT2D eigenvalue weighted by molar-refractivity contribution is 0.133. The molecule has 136 valence electrons. The molecule has 0 bridgehead atoms. The number of fused-ring (bicyclic) bond motifs is 1. The molecule has 0 radical (unpaired) electrons. The lowest BCUT2D eigenvalue weighted by Gasteiger charge is -2.30. The molecule has 25 heavy (non-hydrogen) atoms. The first-order valence-corrected chi connectivity index (χ1v) is 9.41. The highest BCUT2D eigenvalue weighted by Crippen LogP contribution is 2.30. The molecule has 0 saturated heterocycles. The van der Waals surface area contributed by atoms with Gasteiger partial charge in [-0.15, -0.1) is 0 Å². The molecule has 6 heteroatoms. The first-order valence-electron chi connectivity index (χ1n) is 9.41. The minimum atomic E-state index is 0.326. The lowest BCUT2D eigenvalue weighted by Crippen LogP contribution is -2.34. The molecule has 2 aliphatic rings. The fourth-order valence-electron chi connectivity index (χ4n) is 4.37. The topological polar surface area (TPSA) is 56.3 Å². The largest absolute Gasteiger partial charge is 0.384 e. The van der Waals surface area contributed by atoms with Crippen molar-refractivity contribution >= 4 is 0 Å². The molecule has 2 aromatic heterocycles. The Morgan fingerprint density at radius 2 is 2.16 bits per heavy atom. The number of methoxy groups -OCH3 is 1. The van der Waals surface area contributed by atoms with Crippen molar-refractivity contribution in [3.8, 4) is 0 Å². The van der Waals surface area contributed by atoms with Gasteiger partial charge in [0.25, 0.3) is 0 Å². The van der Waals surface area contributed by atoms with Gasteiger partial charge in [-0.1, -0.05) is 18.0 Å². The van der Waals surface area contributed by atoms with E-state index in [1.165, 1.54) is 36.9 Å². The van der Waals surface area contributed by atoms with Crippen molar-refractivity contribution in [2.24, 2.45) is 5.92 Å². The fourth-order valence-corrected chi connectivity index (χ4v) is 4.37. The number of rotatable bonds is 6. The van der Waals surface area contributed by atoms with Crippen LogP contribution < -0.4 is 0 Å². The molecule has 1 aliphatic carbocycles. The molecule has 6 nitrogen and oxygen atoms in total. The second-order valence-corrected chi connectivity index (χ2v) is 7.66. The van der Waals surface area contributed by atoms with Crippen LogP contribution in [0.2, 0.25) is 0 Å². The van der Waals surface area contributed by atoms with Crippen LogP contribution >= 0.6 is 0 Å². The lowest BCUT2D eigenvalue weighted by atomic mass is 9.97. The second-order valence-electron chi connectivity index (χ2n) is 7.66. The van der Waals surface area contributed by atoms with Crippen LogP contribution in [-0.2, 0) is 24.4 Å². The number of hydrogen-bond donors (Lipinski definition) is 0. The van der Waals surface area contributed by atoms with E-state index in [1.807, 2.05) is 13.0 Å². The zero-order chi connectivity index (χ0) is 17.2. The number of hydrogen-bond acceptors (Lipinski definition) is 5. The van der Waals surface area contributed by atoms with E-state index in [0.717, 1.165) is 43.6 Å². The van der Waals surface area contributed by atoms with Crippen LogP contribution in [0.5, 0.6) is 0 Å². The SMILES string of the molecule is COC[C@H]1CN(Cc2cc(C)on2)Cc2cn(CC3CCCC3)nc21. The van der Waals surface area contributed by atoms with Crippen molar-refractivity contribution in [1.29, 1.82) is 0 Å². The Morgan fingerprint density at radius 1 is 1.32 bits per heavy atom. The Hall–Kier alpha value is -1.66. The van der Waals surface area contributed by atoms with Crippen LogP contribution in [0, 0.1) is 12.8 Å². The maximum absolute atomic E-state index is 5.47. The summed E-state index contributed by atoms with van der Waals surface area (Å²) < 4.78 is 12.9. The van der Waals surface area contributed by atoms with Crippen LogP contribution in [0.4, 0.5) is 0 Å². The van der Waals surface area contributed by atoms with Crippen LogP contribution in [0.3, 0.4) is 0 Å². The van der Waals surface area contributed by atoms with E-state index in [4.69, 9.17) is 14.4 Å². The summed E-state index contributed by atoms with van der Waals surface area (Å²) in [7, 11) is 1.77. The number of ether oxygens (including phenoxy) is 1. The van der Waals surface area contributed by atoms with Crippen LogP contribution in [0.1, 0.15) is 54.3 Å². The average Bonchev–Trinajstić information content (AvgIpc) is 3.30. The van der Waals surface area contributed by atoms with Crippen molar-refractivity contribution < 1.29 is 9.26 Å². The van der Waals surface area contributed by atoms with Gasteiger partial charge in [-0.2, -0.15) is 5.10 Å². The summed E-state index contributed by atoms with van der Waals surface area (Å²) in [4.78, 5) is 2.42. The maximum Gasteiger partial charge on any atom is 0.133 e. The molecule has 1 atom stereocenters. The van der Waals surface area contributed by atoms with Gasteiger partial charge in [0.05, 0.1) is 18.0 Å². The first-order chi connectivity index (χ1) is 12.2. The summed E-state index contributed by atoms with van der Waals surface area (Å²) in [6.45, 7) is 6.40. The van der Waals surface area contributed by atoms with E-state index in [-0.39, 0.29) is 0 Å². The van der Waals surface area contributed by atoms with Gasteiger partial charge in [0.15, 0.2) is 0 Å². The van der Waals surface area contributed by atoms with Gasteiger partial charge < -0.3 is 9.26 Å². The third kappa shape index (κ3) is 3.80. The number of aryl methyl sites for hydroxylation is 1. The average molecular weight is 344 g/mol. The summed E-state index contributed by atoms with van der Waals surface area (Å²) in [5.74, 6) is 1.99. The van der Waals surface area contributed by atoms with E-state index < -0.39 is 0 Å². The zero-order valence-corrected chi connectivity index (χ0v) is 15.3. The third-order valence-electron chi connectivity index (χ3n) is 5.48. The molecule has 1 saturated carbocycles. The summed E-state index contributed by atoms with van der Waals surface area (Å²) in [6, 6.07) is 2.02. The highest BCUT2D eigenvalue weighted by atomic mass is 16.5. The monoisotopic (exact) mass is 344 g/mol. The zero-order valence-electron chi connectivity index (χ0n) is 15.3. The molecule has 4 rings (SSSR count). The van der Waals surface area contributed by atoms with Gasteiger partial charge in [0.1, 0.15) is 5.76 Å². The molecule has 0 N–H and O–H groups in total. The highest BCUT2D eigenvalue weighted by molar-refractivity contribution is 5.25. The van der Waals surface area contributed by atoms with E-state index in [9.17, 15) is 0 Å². The molecular formula is C19H28N4O2. The molecule has 1 aliphatic heterocycles. The van der Waals surface area contributed by atoms with E-state index in [2.05, 4.69) is 20.9 Å². The first kappa shape index (κ1) is 16.8. The molecule has 0 amide bonds. The van der Waals surface area contributed by atoms with Gasteiger partial charge in [-0.25, -0.2) is 0 Å². The van der Waals surface area contributed by atoms with Gasteiger partial charge in [0.2, 0.25) is 0 Å². The molecule has 0 aromatic carbocycles. The van der Waals surface area contributed by atoms with E-state index in [0.29, 0.717) is 12.5 Å². The summed E-state index contributed by atoms with van der Waals surface area (Å²) >= 11 is 0. The maximum atomic E-state index is 5.47. The van der Waals surface area contributed by atoms with Gasteiger partial charge in [-0.05, 0) is 25.7 Å². The normalized spacial score (nSPS) is 21.8. The van der Waals surface area contributed by atoms with E-state index >= 15 is 0 Å². The third-order valence-corrected chi connectivity index (χ3v) is 5.48. The molecule has 1 fully saturated rings. The summed E-state index contributed by atoms with van der Waals surface area (Å²) in [6.07, 6.45) is 7.72. The Kier molecular flexibility index (Phi) is 4.90. The van der Waals surface area contributed by atoms with Gasteiger partial charge in [0, 0.05) is 57.0 Å². The standard InChI is InChI=1S/C19H28N4O2/c1-14-7-18(21-25-14)12-22-9-16-11-23(8-15-5-3-4-6-15)20-19(16)17(10-22)13-24-2/h7,11,15,17H,3-6,8-10,12-13H2,1-2H3/t17-/m1/s1.